The van der Waals surface area contributed by atoms with E-state index in [1.54, 1.807) is 17.0 Å². The molecule has 2 aromatic rings. The molecule has 9 heteroatoms. The molecule has 0 aromatic heterocycles. The first-order valence-electron chi connectivity index (χ1n) is 9.87. The van der Waals surface area contributed by atoms with Crippen molar-refractivity contribution in [3.63, 3.8) is 0 Å². The Kier molecular flexibility index (Phi) is 8.26. The molecule has 1 N–H and O–H groups in total. The quantitative estimate of drug-likeness (QED) is 0.577. The van der Waals surface area contributed by atoms with Gasteiger partial charge in [0.05, 0.1) is 4.90 Å². The molecule has 1 saturated heterocycles. The van der Waals surface area contributed by atoms with Crippen molar-refractivity contribution >= 4 is 31.9 Å². The molecule has 0 atom stereocenters. The number of amides is 1. The molecule has 2 aromatic carbocycles. The Labute approximate surface area is 186 Å². The molecule has 1 aliphatic rings. The van der Waals surface area contributed by atoms with Gasteiger partial charge in [-0.1, -0.05) is 40.2 Å². The van der Waals surface area contributed by atoms with Crippen molar-refractivity contribution in [2.75, 3.05) is 45.9 Å². The number of benzene rings is 2. The molecule has 0 bridgehead atoms. The van der Waals surface area contributed by atoms with Crippen LogP contribution in [0.1, 0.15) is 6.42 Å². The summed E-state index contributed by atoms with van der Waals surface area (Å²) in [6.07, 6.45) is 0.143. The van der Waals surface area contributed by atoms with Gasteiger partial charge in [0.1, 0.15) is 12.4 Å². The summed E-state index contributed by atoms with van der Waals surface area (Å²) in [5.74, 6) is 0.823. The molecule has 0 radical (unpaired) electrons. The van der Waals surface area contributed by atoms with Gasteiger partial charge in [-0.05, 0) is 30.3 Å². The minimum atomic E-state index is -3.62. The maximum absolute atomic E-state index is 12.4. The zero-order valence-corrected chi connectivity index (χ0v) is 19.1. The van der Waals surface area contributed by atoms with E-state index in [-0.39, 0.29) is 23.8 Å². The van der Waals surface area contributed by atoms with Crippen LogP contribution in [0, 0.1) is 0 Å². The Bertz CT molecular complexity index is 932. The molecule has 1 heterocycles. The van der Waals surface area contributed by atoms with Crippen molar-refractivity contribution in [3.8, 4) is 5.75 Å². The van der Waals surface area contributed by atoms with Crippen molar-refractivity contribution in [1.29, 1.82) is 0 Å². The lowest BCUT2D eigenvalue weighted by Gasteiger charge is -2.34. The Hall–Kier alpha value is -1.94. The van der Waals surface area contributed by atoms with Crippen LogP contribution in [0.3, 0.4) is 0 Å². The van der Waals surface area contributed by atoms with Gasteiger partial charge in [0.25, 0.3) is 0 Å². The second-order valence-corrected chi connectivity index (χ2v) is 9.67. The number of para-hydroxylation sites is 1. The standard InChI is InChI=1S/C21H26BrN3O4S/c22-18-5-4-8-20(17-18)30(27,28)23-10-9-21(26)25-13-11-24(12-14-25)15-16-29-19-6-2-1-3-7-19/h1-8,17,23H,9-16H2. The lowest BCUT2D eigenvalue weighted by Crippen LogP contribution is -2.50. The predicted molar refractivity (Wildman–Crippen MR) is 119 cm³/mol. The van der Waals surface area contributed by atoms with Crippen molar-refractivity contribution in [3.05, 3.63) is 59.1 Å². The highest BCUT2D eigenvalue weighted by atomic mass is 79.9. The van der Waals surface area contributed by atoms with E-state index < -0.39 is 10.0 Å². The summed E-state index contributed by atoms with van der Waals surface area (Å²) in [7, 11) is -3.62. The molecule has 0 unspecified atom stereocenters. The number of hydrogen-bond acceptors (Lipinski definition) is 5. The Balaban J connectivity index is 1.35. The lowest BCUT2D eigenvalue weighted by atomic mass is 10.2. The van der Waals surface area contributed by atoms with Crippen LogP contribution >= 0.6 is 15.9 Å². The summed E-state index contributed by atoms with van der Waals surface area (Å²) < 4.78 is 33.5. The first-order chi connectivity index (χ1) is 14.4. The number of ether oxygens (including phenoxy) is 1. The number of rotatable bonds is 9. The molecule has 0 spiro atoms. The van der Waals surface area contributed by atoms with E-state index in [4.69, 9.17) is 4.74 Å². The summed E-state index contributed by atoms with van der Waals surface area (Å²) in [4.78, 5) is 16.7. The second-order valence-electron chi connectivity index (χ2n) is 6.99. The number of carbonyl (C=O) groups excluding carboxylic acids is 1. The number of piperazine rings is 1. The van der Waals surface area contributed by atoms with Crippen LogP contribution < -0.4 is 9.46 Å². The van der Waals surface area contributed by atoms with Gasteiger partial charge >= 0.3 is 0 Å². The second kappa shape index (κ2) is 10.9. The summed E-state index contributed by atoms with van der Waals surface area (Å²) in [5.41, 5.74) is 0. The third kappa shape index (κ3) is 6.80. The molecule has 3 rings (SSSR count). The molecule has 0 saturated carbocycles. The maximum Gasteiger partial charge on any atom is 0.240 e. The van der Waals surface area contributed by atoms with Gasteiger partial charge in [0, 0.05) is 50.2 Å². The highest BCUT2D eigenvalue weighted by Crippen LogP contribution is 2.16. The van der Waals surface area contributed by atoms with Crippen LogP contribution in [0.4, 0.5) is 0 Å². The molecular weight excluding hydrogens is 470 g/mol. The fraction of sp³-hybridized carbons (Fsp3) is 0.381. The zero-order chi connectivity index (χ0) is 21.4. The molecule has 1 amide bonds. The topological polar surface area (TPSA) is 79.0 Å². The number of hydrogen-bond donors (Lipinski definition) is 1. The first-order valence-corrected chi connectivity index (χ1v) is 12.1. The molecule has 7 nitrogen and oxygen atoms in total. The van der Waals surface area contributed by atoms with E-state index >= 15 is 0 Å². The molecule has 0 aliphatic carbocycles. The van der Waals surface area contributed by atoms with Gasteiger partial charge < -0.3 is 9.64 Å². The summed E-state index contributed by atoms with van der Waals surface area (Å²) in [6.45, 7) is 4.35. The van der Waals surface area contributed by atoms with Gasteiger partial charge in [-0.2, -0.15) is 0 Å². The third-order valence-corrected chi connectivity index (χ3v) is 6.83. The van der Waals surface area contributed by atoms with Gasteiger partial charge in [-0.25, -0.2) is 13.1 Å². The zero-order valence-electron chi connectivity index (χ0n) is 16.7. The number of nitrogens with zero attached hydrogens (tertiary/aromatic N) is 2. The largest absolute Gasteiger partial charge is 0.492 e. The van der Waals surface area contributed by atoms with E-state index in [2.05, 4.69) is 25.6 Å². The normalized spacial score (nSPS) is 15.2. The van der Waals surface area contributed by atoms with Crippen LogP contribution in [-0.2, 0) is 14.8 Å². The number of halogens is 1. The molecule has 30 heavy (non-hydrogen) atoms. The minimum absolute atomic E-state index is 0.0351. The number of sulfonamides is 1. The van der Waals surface area contributed by atoms with Gasteiger partial charge in [0.2, 0.25) is 15.9 Å². The molecule has 162 valence electrons. The highest BCUT2D eigenvalue weighted by Gasteiger charge is 2.21. The van der Waals surface area contributed by atoms with Crippen molar-refractivity contribution < 1.29 is 17.9 Å². The average molecular weight is 496 g/mol. The smallest absolute Gasteiger partial charge is 0.240 e. The van der Waals surface area contributed by atoms with E-state index in [9.17, 15) is 13.2 Å². The minimum Gasteiger partial charge on any atom is -0.492 e. The third-order valence-electron chi connectivity index (χ3n) is 4.88. The van der Waals surface area contributed by atoms with Crippen LogP contribution in [0.2, 0.25) is 0 Å². The molecule has 1 aliphatic heterocycles. The lowest BCUT2D eigenvalue weighted by molar-refractivity contribution is -0.132. The first kappa shape index (κ1) is 22.7. The van der Waals surface area contributed by atoms with Gasteiger partial charge in [-0.15, -0.1) is 0 Å². The Morgan fingerprint density at radius 2 is 1.77 bits per heavy atom. The summed E-state index contributed by atoms with van der Waals surface area (Å²) in [6, 6.07) is 16.2. The van der Waals surface area contributed by atoms with E-state index in [0.29, 0.717) is 24.2 Å². The van der Waals surface area contributed by atoms with Gasteiger partial charge in [0.15, 0.2) is 0 Å². The Morgan fingerprint density at radius 1 is 1.03 bits per heavy atom. The molecule has 1 fully saturated rings. The number of nitrogens with one attached hydrogen (secondary N) is 1. The van der Waals surface area contributed by atoms with Crippen LogP contribution in [0.25, 0.3) is 0 Å². The van der Waals surface area contributed by atoms with E-state index in [1.165, 1.54) is 12.1 Å². The van der Waals surface area contributed by atoms with Crippen LogP contribution in [-0.4, -0.2) is 70.0 Å². The predicted octanol–water partition coefficient (Wildman–Crippen LogP) is 2.34. The fourth-order valence-electron chi connectivity index (χ4n) is 3.20. The van der Waals surface area contributed by atoms with E-state index in [0.717, 1.165) is 25.4 Å². The van der Waals surface area contributed by atoms with Gasteiger partial charge in [-0.3, -0.25) is 9.69 Å². The van der Waals surface area contributed by atoms with Crippen molar-refractivity contribution in [2.45, 2.75) is 11.3 Å². The average Bonchev–Trinajstić information content (AvgIpc) is 2.75. The Morgan fingerprint density at radius 3 is 2.47 bits per heavy atom. The maximum atomic E-state index is 12.4. The monoisotopic (exact) mass is 495 g/mol. The molecular formula is C21H26BrN3O4S. The highest BCUT2D eigenvalue weighted by molar-refractivity contribution is 9.10. The van der Waals surface area contributed by atoms with Crippen molar-refractivity contribution in [1.82, 2.24) is 14.5 Å². The van der Waals surface area contributed by atoms with Crippen LogP contribution in [0.15, 0.2) is 64.0 Å². The summed E-state index contributed by atoms with van der Waals surface area (Å²) >= 11 is 3.27. The SMILES string of the molecule is O=C(CCNS(=O)(=O)c1cccc(Br)c1)N1CCN(CCOc2ccccc2)CC1. The summed E-state index contributed by atoms with van der Waals surface area (Å²) in [5, 5.41) is 0. The fourth-order valence-corrected chi connectivity index (χ4v) is 4.83. The van der Waals surface area contributed by atoms with Crippen molar-refractivity contribution in [2.24, 2.45) is 0 Å². The van der Waals surface area contributed by atoms with E-state index in [1.807, 2.05) is 30.3 Å². The number of carbonyl (C=O) groups is 1. The van der Waals surface area contributed by atoms with Crippen LogP contribution in [0.5, 0.6) is 5.75 Å².